The van der Waals surface area contributed by atoms with Gasteiger partial charge in [0.05, 0.1) is 5.56 Å². The summed E-state index contributed by atoms with van der Waals surface area (Å²) in [4.78, 5) is 30.3. The molecule has 3 rings (SSSR count). The van der Waals surface area contributed by atoms with E-state index in [1.54, 1.807) is 25.2 Å². The van der Waals surface area contributed by atoms with Gasteiger partial charge in [-0.2, -0.15) is 0 Å². The van der Waals surface area contributed by atoms with Gasteiger partial charge in [-0.25, -0.2) is 9.78 Å². The number of pyridine rings is 1. The second-order valence-electron chi connectivity index (χ2n) is 5.81. The first-order chi connectivity index (χ1) is 13.0. The Bertz CT molecular complexity index is 1110. The summed E-state index contributed by atoms with van der Waals surface area (Å²) in [5, 5.41) is 11.1. The van der Waals surface area contributed by atoms with Crippen LogP contribution < -0.4 is 11.2 Å². The Morgan fingerprint density at radius 3 is 2.52 bits per heavy atom. The van der Waals surface area contributed by atoms with Crippen LogP contribution in [0.2, 0.25) is 0 Å². The number of hydrogen-bond acceptors (Lipinski definition) is 4. The minimum atomic E-state index is -0.513. The maximum Gasteiger partial charge on any atom is 0.346 e. The maximum absolute atomic E-state index is 12.7. The van der Waals surface area contributed by atoms with E-state index in [4.69, 9.17) is 0 Å². The molecule has 0 saturated carbocycles. The van der Waals surface area contributed by atoms with Gasteiger partial charge in [-0.3, -0.25) is 14.3 Å². The molecule has 142 valence electrons. The predicted molar refractivity (Wildman–Crippen MR) is 110 cm³/mol. The van der Waals surface area contributed by atoms with E-state index in [0.717, 1.165) is 17.6 Å². The molecule has 27 heavy (non-hydrogen) atoms. The third kappa shape index (κ3) is 3.84. The number of benzene rings is 1. The second kappa shape index (κ2) is 8.49. The molecule has 0 radical (unpaired) electrons. The lowest BCUT2D eigenvalue weighted by Crippen LogP contribution is -2.22. The van der Waals surface area contributed by atoms with Gasteiger partial charge in [-0.05, 0) is 42.7 Å². The molecular weight excluding hydrogens is 342 g/mol. The summed E-state index contributed by atoms with van der Waals surface area (Å²) in [5.74, 6) is 0.0409. The molecule has 0 aliphatic heterocycles. The number of rotatable bonds is 3. The van der Waals surface area contributed by atoms with Gasteiger partial charge in [0, 0.05) is 24.2 Å². The summed E-state index contributed by atoms with van der Waals surface area (Å²) in [7, 11) is 1.57. The molecule has 2 N–H and O–H groups in total. The highest BCUT2D eigenvalue weighted by atomic mass is 16.3. The van der Waals surface area contributed by atoms with E-state index in [-0.39, 0.29) is 11.3 Å². The number of fused-ring (bicyclic) bond motifs is 1. The minimum absolute atomic E-state index is 0.0409. The van der Waals surface area contributed by atoms with Crippen LogP contribution in [0.25, 0.3) is 27.7 Å². The van der Waals surface area contributed by atoms with Gasteiger partial charge < -0.3 is 5.11 Å². The van der Waals surface area contributed by atoms with E-state index < -0.39 is 5.69 Å². The van der Waals surface area contributed by atoms with Crippen LogP contribution in [0.3, 0.4) is 0 Å². The van der Waals surface area contributed by atoms with E-state index in [2.05, 4.69) is 9.97 Å². The molecule has 0 atom stereocenters. The second-order valence-corrected chi connectivity index (χ2v) is 5.81. The van der Waals surface area contributed by atoms with Crippen molar-refractivity contribution in [2.75, 3.05) is 0 Å². The summed E-state index contributed by atoms with van der Waals surface area (Å²) in [6.45, 7) is 8.00. The highest BCUT2D eigenvalue weighted by Crippen LogP contribution is 2.31. The van der Waals surface area contributed by atoms with Gasteiger partial charge in [-0.15, -0.1) is 0 Å². The van der Waals surface area contributed by atoms with Crippen molar-refractivity contribution < 1.29 is 5.11 Å². The summed E-state index contributed by atoms with van der Waals surface area (Å²) in [6, 6.07) is 6.93. The molecule has 0 unspecified atom stereocenters. The number of phenolic OH excluding ortho intramolecular Hbond substituents is 1. The van der Waals surface area contributed by atoms with Crippen molar-refractivity contribution in [3.8, 4) is 16.9 Å². The van der Waals surface area contributed by atoms with Crippen LogP contribution in [-0.2, 0) is 7.05 Å². The number of aromatic nitrogens is 3. The van der Waals surface area contributed by atoms with Crippen molar-refractivity contribution in [1.82, 2.24) is 14.5 Å². The largest absolute Gasteiger partial charge is 0.507 e. The Kier molecular flexibility index (Phi) is 6.34. The standard InChI is InChI=1S/C19H19N3O3.C2H6/c1-4-11(5-2)12-6-7-14(16(23)9-12)15-8-13-10-20-19(25)21-17(13)22(3)18(15)24;1-2/h4,6-10,23H,5H2,1-3H3,(H,20,21,25);1-2H3/b11-4+;. The molecule has 0 bridgehead atoms. The molecule has 2 aromatic heterocycles. The smallest absolute Gasteiger partial charge is 0.346 e. The van der Waals surface area contributed by atoms with Gasteiger partial charge in [0.1, 0.15) is 11.4 Å². The zero-order chi connectivity index (χ0) is 20.1. The van der Waals surface area contributed by atoms with Gasteiger partial charge in [0.2, 0.25) is 0 Å². The number of nitrogens with one attached hydrogen (secondary N) is 1. The number of nitrogens with zero attached hydrogens (tertiary/aromatic N) is 2. The number of aromatic hydroxyl groups is 1. The van der Waals surface area contributed by atoms with Crippen LogP contribution in [0.5, 0.6) is 5.75 Å². The lowest BCUT2D eigenvalue weighted by Gasteiger charge is -2.11. The van der Waals surface area contributed by atoms with Gasteiger partial charge in [0.25, 0.3) is 5.56 Å². The van der Waals surface area contributed by atoms with Gasteiger partial charge >= 0.3 is 5.69 Å². The number of allylic oxidation sites excluding steroid dienone is 2. The fraction of sp³-hybridized carbons (Fsp3) is 0.286. The van der Waals surface area contributed by atoms with Crippen molar-refractivity contribution in [1.29, 1.82) is 0 Å². The van der Waals surface area contributed by atoms with Gasteiger partial charge in [0.15, 0.2) is 0 Å². The molecule has 0 amide bonds. The Morgan fingerprint density at radius 1 is 1.22 bits per heavy atom. The van der Waals surface area contributed by atoms with E-state index in [9.17, 15) is 14.7 Å². The molecule has 0 aliphatic carbocycles. The average molecular weight is 367 g/mol. The molecule has 0 spiro atoms. The van der Waals surface area contributed by atoms with Crippen LogP contribution in [0.1, 0.15) is 39.7 Å². The minimum Gasteiger partial charge on any atom is -0.507 e. The number of hydrogen-bond donors (Lipinski definition) is 2. The first-order valence-corrected chi connectivity index (χ1v) is 9.04. The lowest BCUT2D eigenvalue weighted by atomic mass is 9.98. The number of aryl methyl sites for hydroxylation is 1. The number of H-pyrrole nitrogens is 1. The van der Waals surface area contributed by atoms with Crippen LogP contribution in [0, 0.1) is 0 Å². The van der Waals surface area contributed by atoms with Crippen molar-refractivity contribution >= 4 is 16.6 Å². The molecule has 0 fully saturated rings. The highest BCUT2D eigenvalue weighted by molar-refractivity contribution is 5.83. The van der Waals surface area contributed by atoms with E-state index in [0.29, 0.717) is 22.2 Å². The fourth-order valence-electron chi connectivity index (χ4n) is 3.00. The average Bonchev–Trinajstić information content (AvgIpc) is 2.68. The molecule has 2 heterocycles. The normalized spacial score (nSPS) is 11.2. The van der Waals surface area contributed by atoms with Crippen LogP contribution in [-0.4, -0.2) is 19.6 Å². The monoisotopic (exact) mass is 367 g/mol. The Balaban J connectivity index is 0.00000126. The van der Waals surface area contributed by atoms with E-state index in [1.807, 2.05) is 39.8 Å². The quantitative estimate of drug-likeness (QED) is 0.736. The Labute approximate surface area is 157 Å². The summed E-state index contributed by atoms with van der Waals surface area (Å²) >= 11 is 0. The molecule has 0 aliphatic rings. The Hall–Kier alpha value is -3.15. The zero-order valence-corrected chi connectivity index (χ0v) is 16.3. The van der Waals surface area contributed by atoms with Gasteiger partial charge in [-0.1, -0.05) is 32.9 Å². The molecule has 0 saturated heterocycles. The van der Waals surface area contributed by atoms with E-state index in [1.165, 1.54) is 10.8 Å². The molecule has 1 aromatic carbocycles. The topological polar surface area (TPSA) is 88.0 Å². The number of phenols is 1. The van der Waals surface area contributed by atoms with E-state index >= 15 is 0 Å². The van der Waals surface area contributed by atoms with Crippen molar-refractivity contribution in [2.45, 2.75) is 34.1 Å². The predicted octanol–water partition coefficient (Wildman–Crippen LogP) is 3.83. The first-order valence-electron chi connectivity index (χ1n) is 9.04. The zero-order valence-electron chi connectivity index (χ0n) is 16.3. The summed E-state index contributed by atoms with van der Waals surface area (Å²) < 4.78 is 1.35. The molecule has 6 heteroatoms. The number of aromatic amines is 1. The van der Waals surface area contributed by atoms with Crippen molar-refractivity contribution in [3.05, 3.63) is 62.9 Å². The summed E-state index contributed by atoms with van der Waals surface area (Å²) in [5.41, 5.74) is 2.42. The first kappa shape index (κ1) is 20.2. The van der Waals surface area contributed by atoms with Crippen LogP contribution in [0.15, 0.2) is 46.1 Å². The molecule has 6 nitrogen and oxygen atoms in total. The third-order valence-electron chi connectivity index (χ3n) is 4.38. The van der Waals surface area contributed by atoms with Crippen molar-refractivity contribution in [3.63, 3.8) is 0 Å². The van der Waals surface area contributed by atoms with Crippen LogP contribution >= 0.6 is 0 Å². The fourth-order valence-corrected chi connectivity index (χ4v) is 3.00. The molecular formula is C21H25N3O3. The van der Waals surface area contributed by atoms with Crippen molar-refractivity contribution in [2.24, 2.45) is 7.05 Å². The highest BCUT2D eigenvalue weighted by Gasteiger charge is 2.14. The third-order valence-corrected chi connectivity index (χ3v) is 4.38. The summed E-state index contributed by atoms with van der Waals surface area (Å²) in [6.07, 6.45) is 4.27. The van der Waals surface area contributed by atoms with Crippen LogP contribution in [0.4, 0.5) is 0 Å². The Morgan fingerprint density at radius 2 is 1.93 bits per heavy atom. The molecule has 3 aromatic rings. The maximum atomic E-state index is 12.7. The SMILES string of the molecule is C/C=C(\CC)c1ccc(-c2cc3cnc(=O)[nH]c3n(C)c2=O)c(O)c1.CC. The lowest BCUT2D eigenvalue weighted by molar-refractivity contribution is 0.477.